The first-order valence-electron chi connectivity index (χ1n) is 7.96. The van der Waals surface area contributed by atoms with Gasteiger partial charge in [-0.2, -0.15) is 5.10 Å². The molecule has 0 fully saturated rings. The predicted molar refractivity (Wildman–Crippen MR) is 94.4 cm³/mol. The zero-order valence-corrected chi connectivity index (χ0v) is 14.3. The van der Waals surface area contributed by atoms with E-state index in [2.05, 4.69) is 10.1 Å². The second-order valence-corrected chi connectivity index (χ2v) is 5.76. The lowest BCUT2D eigenvalue weighted by atomic mass is 10.1. The van der Waals surface area contributed by atoms with Gasteiger partial charge in [-0.3, -0.25) is 4.79 Å². The fourth-order valence-electron chi connectivity index (χ4n) is 2.64. The summed E-state index contributed by atoms with van der Waals surface area (Å²) in [5, 5.41) is 4.08. The highest BCUT2D eigenvalue weighted by Crippen LogP contribution is 2.19. The maximum atomic E-state index is 12.6. The normalized spacial score (nSPS) is 10.5. The summed E-state index contributed by atoms with van der Waals surface area (Å²) in [6.07, 6.45) is 3.17. The van der Waals surface area contributed by atoms with Gasteiger partial charge in [0.1, 0.15) is 18.4 Å². The van der Waals surface area contributed by atoms with E-state index in [0.717, 1.165) is 16.9 Å². The number of rotatable bonds is 6. The second kappa shape index (κ2) is 7.61. The Balaban J connectivity index is 1.67. The molecule has 0 radical (unpaired) electrons. The van der Waals surface area contributed by atoms with Gasteiger partial charge in [-0.1, -0.05) is 30.3 Å². The van der Waals surface area contributed by atoms with Crippen LogP contribution in [0.15, 0.2) is 61.2 Å². The Labute approximate surface area is 146 Å². The van der Waals surface area contributed by atoms with Crippen LogP contribution in [0.5, 0.6) is 5.75 Å². The zero-order valence-electron chi connectivity index (χ0n) is 14.3. The molecular formula is C19H20N4O2. The van der Waals surface area contributed by atoms with E-state index in [4.69, 9.17) is 4.74 Å². The molecule has 1 heterocycles. The Hall–Kier alpha value is -3.15. The van der Waals surface area contributed by atoms with Crippen LogP contribution in [-0.4, -0.2) is 39.7 Å². The van der Waals surface area contributed by atoms with Crippen LogP contribution in [0.2, 0.25) is 0 Å². The highest BCUT2D eigenvalue weighted by molar-refractivity contribution is 5.94. The summed E-state index contributed by atoms with van der Waals surface area (Å²) in [7, 11) is 3.42. The second-order valence-electron chi connectivity index (χ2n) is 5.76. The number of methoxy groups -OCH3 is 1. The van der Waals surface area contributed by atoms with Crippen molar-refractivity contribution in [2.45, 2.75) is 13.1 Å². The lowest BCUT2D eigenvalue weighted by Gasteiger charge is -2.19. The fourth-order valence-corrected chi connectivity index (χ4v) is 2.64. The largest absolute Gasteiger partial charge is 0.496 e. The van der Waals surface area contributed by atoms with Crippen LogP contribution < -0.4 is 4.74 Å². The summed E-state index contributed by atoms with van der Waals surface area (Å²) in [6, 6.07) is 15.3. The predicted octanol–water partition coefficient (Wildman–Crippen LogP) is 2.61. The lowest BCUT2D eigenvalue weighted by molar-refractivity contribution is 0.0784. The summed E-state index contributed by atoms with van der Waals surface area (Å²) in [5.41, 5.74) is 2.69. The van der Waals surface area contributed by atoms with Crippen molar-refractivity contribution < 1.29 is 9.53 Å². The van der Waals surface area contributed by atoms with Crippen molar-refractivity contribution in [3.8, 4) is 5.75 Å². The number of carbonyl (C=O) groups excluding carboxylic acids is 1. The number of hydrogen-bond acceptors (Lipinski definition) is 4. The molecule has 0 saturated heterocycles. The van der Waals surface area contributed by atoms with E-state index in [0.29, 0.717) is 18.7 Å². The van der Waals surface area contributed by atoms with E-state index in [1.807, 2.05) is 48.5 Å². The van der Waals surface area contributed by atoms with Crippen LogP contribution in [0, 0.1) is 0 Å². The highest BCUT2D eigenvalue weighted by atomic mass is 16.5. The molecule has 0 bridgehead atoms. The maximum Gasteiger partial charge on any atom is 0.253 e. The smallest absolute Gasteiger partial charge is 0.253 e. The molecule has 6 heteroatoms. The van der Waals surface area contributed by atoms with Crippen molar-refractivity contribution in [3.63, 3.8) is 0 Å². The van der Waals surface area contributed by atoms with Gasteiger partial charge in [0.15, 0.2) is 0 Å². The van der Waals surface area contributed by atoms with Crippen LogP contribution in [0.1, 0.15) is 21.5 Å². The van der Waals surface area contributed by atoms with E-state index in [1.54, 1.807) is 30.1 Å². The van der Waals surface area contributed by atoms with Crippen molar-refractivity contribution in [2.75, 3.05) is 14.2 Å². The molecule has 0 spiro atoms. The molecule has 0 aliphatic rings. The maximum absolute atomic E-state index is 12.6. The van der Waals surface area contributed by atoms with E-state index in [9.17, 15) is 4.79 Å². The Morgan fingerprint density at radius 1 is 1.16 bits per heavy atom. The number of hydrogen-bond donors (Lipinski definition) is 0. The average molecular weight is 336 g/mol. The zero-order chi connectivity index (χ0) is 17.6. The molecule has 25 heavy (non-hydrogen) atoms. The minimum atomic E-state index is -0.0294. The summed E-state index contributed by atoms with van der Waals surface area (Å²) >= 11 is 0. The minimum absolute atomic E-state index is 0.0294. The van der Waals surface area contributed by atoms with Crippen molar-refractivity contribution in [3.05, 3.63) is 77.9 Å². The summed E-state index contributed by atoms with van der Waals surface area (Å²) < 4.78 is 7.09. The summed E-state index contributed by atoms with van der Waals surface area (Å²) in [4.78, 5) is 18.2. The number of para-hydroxylation sites is 1. The number of carbonyl (C=O) groups is 1. The Morgan fingerprint density at radius 3 is 2.60 bits per heavy atom. The third-order valence-corrected chi connectivity index (χ3v) is 3.96. The number of aromatic nitrogens is 3. The SMILES string of the molecule is COc1ccccc1CN(C)C(=O)c1ccc(Cn2cncn2)cc1. The Morgan fingerprint density at radius 2 is 1.92 bits per heavy atom. The van der Waals surface area contributed by atoms with Crippen molar-refractivity contribution in [2.24, 2.45) is 0 Å². The molecule has 3 rings (SSSR count). The molecule has 3 aromatic rings. The number of nitrogens with zero attached hydrogens (tertiary/aromatic N) is 4. The third kappa shape index (κ3) is 4.03. The quantitative estimate of drug-likeness (QED) is 0.694. The van der Waals surface area contributed by atoms with Crippen LogP contribution in [0.4, 0.5) is 0 Å². The Kier molecular flexibility index (Phi) is 5.09. The van der Waals surface area contributed by atoms with E-state index in [1.165, 1.54) is 6.33 Å². The molecule has 6 nitrogen and oxygen atoms in total. The fraction of sp³-hybridized carbons (Fsp3) is 0.211. The monoisotopic (exact) mass is 336 g/mol. The van der Waals surface area contributed by atoms with E-state index >= 15 is 0 Å². The summed E-state index contributed by atoms with van der Waals surface area (Å²) in [6.45, 7) is 1.12. The molecule has 1 amide bonds. The van der Waals surface area contributed by atoms with Gasteiger partial charge < -0.3 is 9.64 Å². The molecule has 0 aliphatic heterocycles. The Bertz CT molecular complexity index is 829. The number of amides is 1. The van der Waals surface area contributed by atoms with Crippen LogP contribution in [0.25, 0.3) is 0 Å². The van der Waals surface area contributed by atoms with Crippen molar-refractivity contribution in [1.82, 2.24) is 19.7 Å². The lowest BCUT2D eigenvalue weighted by Crippen LogP contribution is -2.26. The molecule has 0 aliphatic carbocycles. The van der Waals surface area contributed by atoms with Gasteiger partial charge in [0, 0.05) is 24.7 Å². The van der Waals surface area contributed by atoms with Gasteiger partial charge in [0.25, 0.3) is 5.91 Å². The molecule has 0 saturated carbocycles. The van der Waals surface area contributed by atoms with Gasteiger partial charge in [-0.05, 0) is 23.8 Å². The van der Waals surface area contributed by atoms with Gasteiger partial charge in [0.05, 0.1) is 13.7 Å². The molecular weight excluding hydrogens is 316 g/mol. The van der Waals surface area contributed by atoms with Crippen LogP contribution >= 0.6 is 0 Å². The van der Waals surface area contributed by atoms with Gasteiger partial charge >= 0.3 is 0 Å². The summed E-state index contributed by atoms with van der Waals surface area (Å²) in [5.74, 6) is 0.753. The topological polar surface area (TPSA) is 60.2 Å². The molecule has 0 N–H and O–H groups in total. The molecule has 0 unspecified atom stereocenters. The van der Waals surface area contributed by atoms with Gasteiger partial charge in [0.2, 0.25) is 0 Å². The molecule has 1 aromatic heterocycles. The first-order valence-corrected chi connectivity index (χ1v) is 7.96. The molecule has 128 valence electrons. The highest BCUT2D eigenvalue weighted by Gasteiger charge is 2.14. The first-order chi connectivity index (χ1) is 12.2. The third-order valence-electron chi connectivity index (χ3n) is 3.96. The van der Waals surface area contributed by atoms with Crippen LogP contribution in [-0.2, 0) is 13.1 Å². The standard InChI is InChI=1S/C19H20N4O2/c1-22(12-17-5-3-4-6-18(17)25-2)19(24)16-9-7-15(8-10-16)11-23-14-20-13-21-23/h3-10,13-14H,11-12H2,1-2H3. The number of benzene rings is 2. The molecule has 0 atom stereocenters. The average Bonchev–Trinajstić information content (AvgIpc) is 3.15. The molecule has 2 aromatic carbocycles. The van der Waals surface area contributed by atoms with Crippen molar-refractivity contribution in [1.29, 1.82) is 0 Å². The van der Waals surface area contributed by atoms with Gasteiger partial charge in [-0.25, -0.2) is 9.67 Å². The minimum Gasteiger partial charge on any atom is -0.496 e. The first kappa shape index (κ1) is 16.7. The van der Waals surface area contributed by atoms with E-state index < -0.39 is 0 Å². The van der Waals surface area contributed by atoms with Crippen LogP contribution in [0.3, 0.4) is 0 Å². The number of ether oxygens (including phenoxy) is 1. The van der Waals surface area contributed by atoms with Gasteiger partial charge in [-0.15, -0.1) is 0 Å². The van der Waals surface area contributed by atoms with E-state index in [-0.39, 0.29) is 5.91 Å². The van der Waals surface area contributed by atoms with Crippen molar-refractivity contribution >= 4 is 5.91 Å².